The zero-order valence-corrected chi connectivity index (χ0v) is 5.79. The lowest BCUT2D eigenvalue weighted by molar-refractivity contribution is 0.0965. The quantitative estimate of drug-likeness (QED) is 0.480. The highest BCUT2D eigenvalue weighted by atomic mass is 16.1. The van der Waals surface area contributed by atoms with Gasteiger partial charge in [-0.2, -0.15) is 0 Å². The van der Waals surface area contributed by atoms with Crippen LogP contribution in [0.4, 0.5) is 0 Å². The van der Waals surface area contributed by atoms with Gasteiger partial charge in [0, 0.05) is 18.9 Å². The van der Waals surface area contributed by atoms with Crippen molar-refractivity contribution in [3.8, 4) is 0 Å². The average molecular weight is 144 g/mol. The second kappa shape index (κ2) is 2.08. The second-order valence-corrected chi connectivity index (χ2v) is 2.44. The maximum Gasteiger partial charge on any atom is 0.253 e. The van der Waals surface area contributed by atoms with Gasteiger partial charge in [0.05, 0.1) is 5.56 Å². The molecule has 0 unspecified atom stereocenters. The van der Waals surface area contributed by atoms with Crippen LogP contribution in [0.3, 0.4) is 0 Å². The molecule has 11 heavy (non-hydrogen) atoms. The lowest BCUT2D eigenvalue weighted by Gasteiger charge is -1.97. The molecule has 0 bridgehead atoms. The van der Waals surface area contributed by atoms with Gasteiger partial charge in [0.25, 0.3) is 5.91 Å². The van der Waals surface area contributed by atoms with E-state index in [-0.39, 0.29) is 5.91 Å². The summed E-state index contributed by atoms with van der Waals surface area (Å²) in [7, 11) is 5.58. The molecule has 0 fully saturated rings. The second-order valence-electron chi connectivity index (χ2n) is 2.44. The fourth-order valence-electron chi connectivity index (χ4n) is 1.16. The first-order valence-electron chi connectivity index (χ1n) is 3.29. The van der Waals surface area contributed by atoms with E-state index in [0.717, 1.165) is 5.56 Å². The largest absolute Gasteiger partial charge is 0.348 e. The van der Waals surface area contributed by atoms with E-state index in [1.54, 1.807) is 6.20 Å². The van der Waals surface area contributed by atoms with Gasteiger partial charge in [0.2, 0.25) is 0 Å². The number of hydrogen-bond acceptors (Lipinski definition) is 2. The third kappa shape index (κ3) is 0.825. The Hall–Kier alpha value is -1.32. The highest BCUT2D eigenvalue weighted by Crippen LogP contribution is 2.09. The van der Waals surface area contributed by atoms with Crippen LogP contribution in [-0.4, -0.2) is 18.7 Å². The normalized spacial score (nSPS) is 14.4. The Morgan fingerprint density at radius 2 is 2.36 bits per heavy atom. The Bertz CT molecular complexity index is 324. The lowest BCUT2D eigenvalue weighted by atomic mass is 9.91. The van der Waals surface area contributed by atoms with Crippen LogP contribution in [0.2, 0.25) is 0 Å². The molecule has 1 amide bonds. The van der Waals surface area contributed by atoms with Gasteiger partial charge < -0.3 is 5.32 Å². The Morgan fingerprint density at radius 3 is 3.09 bits per heavy atom. The number of fused-ring (bicyclic) bond motifs is 1. The molecule has 1 aromatic rings. The Kier molecular flexibility index (Phi) is 1.21. The Balaban J connectivity index is 2.66. The monoisotopic (exact) mass is 144 g/mol. The summed E-state index contributed by atoms with van der Waals surface area (Å²) in [6, 6.07) is 0. The van der Waals surface area contributed by atoms with Crippen LogP contribution in [0.15, 0.2) is 12.4 Å². The van der Waals surface area contributed by atoms with Gasteiger partial charge in [0.15, 0.2) is 0 Å². The molecule has 0 spiro atoms. The number of rotatable bonds is 0. The number of amides is 1. The van der Waals surface area contributed by atoms with E-state index in [1.807, 2.05) is 0 Å². The van der Waals surface area contributed by atoms with Gasteiger partial charge in [-0.1, -0.05) is 5.46 Å². The van der Waals surface area contributed by atoms with Crippen LogP contribution in [0.1, 0.15) is 15.9 Å². The van der Waals surface area contributed by atoms with Crippen LogP contribution in [0, 0.1) is 0 Å². The van der Waals surface area contributed by atoms with E-state index >= 15 is 0 Å². The third-order valence-electron chi connectivity index (χ3n) is 1.76. The Labute approximate surface area is 65.2 Å². The van der Waals surface area contributed by atoms with E-state index in [0.29, 0.717) is 17.6 Å². The molecule has 52 valence electrons. The van der Waals surface area contributed by atoms with Crippen molar-refractivity contribution >= 4 is 19.2 Å². The Morgan fingerprint density at radius 1 is 1.55 bits per heavy atom. The molecule has 1 aliphatic heterocycles. The molecule has 0 saturated heterocycles. The summed E-state index contributed by atoms with van der Waals surface area (Å²) in [6.07, 6.45) is 3.09. The average Bonchev–Trinajstić information content (AvgIpc) is 2.35. The fraction of sp³-hybridized carbons (Fsp3) is 0.143. The smallest absolute Gasteiger partial charge is 0.253 e. The van der Waals surface area contributed by atoms with Crippen molar-refractivity contribution in [2.45, 2.75) is 6.54 Å². The van der Waals surface area contributed by atoms with Crippen LogP contribution < -0.4 is 10.8 Å². The van der Waals surface area contributed by atoms with Gasteiger partial charge in [-0.05, 0) is 5.56 Å². The maximum absolute atomic E-state index is 11.0. The molecule has 0 aliphatic carbocycles. The van der Waals surface area contributed by atoms with Crippen molar-refractivity contribution in [1.29, 1.82) is 0 Å². The van der Waals surface area contributed by atoms with Crippen LogP contribution in [0.5, 0.6) is 0 Å². The van der Waals surface area contributed by atoms with Crippen LogP contribution in [-0.2, 0) is 6.54 Å². The SMILES string of the molecule is [B]c1cncc2c1CNC2=O. The van der Waals surface area contributed by atoms with Gasteiger partial charge in [0.1, 0.15) is 7.85 Å². The predicted molar refractivity (Wildman–Crippen MR) is 40.8 cm³/mol. The topological polar surface area (TPSA) is 42.0 Å². The van der Waals surface area contributed by atoms with E-state index in [9.17, 15) is 4.79 Å². The molecule has 2 heterocycles. The number of carbonyl (C=O) groups excluding carboxylic acids is 1. The number of pyridine rings is 1. The number of hydrogen-bond donors (Lipinski definition) is 1. The highest BCUT2D eigenvalue weighted by Gasteiger charge is 2.19. The summed E-state index contributed by atoms with van der Waals surface area (Å²) in [5.41, 5.74) is 2.05. The molecule has 0 saturated carbocycles. The summed E-state index contributed by atoms with van der Waals surface area (Å²) in [5, 5.41) is 2.67. The van der Waals surface area contributed by atoms with Gasteiger partial charge >= 0.3 is 0 Å². The first kappa shape index (κ1) is 6.40. The summed E-state index contributed by atoms with van der Waals surface area (Å²) in [4.78, 5) is 14.8. The van der Waals surface area contributed by atoms with Crippen molar-refractivity contribution in [2.24, 2.45) is 0 Å². The molecule has 1 N–H and O–H groups in total. The molecule has 3 nitrogen and oxygen atoms in total. The molecule has 4 heteroatoms. The molecular formula is C7H5BN2O. The fourth-order valence-corrected chi connectivity index (χ4v) is 1.16. The van der Waals surface area contributed by atoms with Crippen molar-refractivity contribution in [1.82, 2.24) is 10.3 Å². The number of carbonyl (C=O) groups is 1. The molecule has 1 aromatic heterocycles. The summed E-state index contributed by atoms with van der Waals surface area (Å²) in [5.74, 6) is -0.0835. The standard InChI is InChI=1S/C7H5BN2O/c8-6-3-9-1-5-4(6)2-10-7(5)11/h1,3H,2H2,(H,10,11). The van der Waals surface area contributed by atoms with Gasteiger partial charge in [-0.25, -0.2) is 0 Å². The lowest BCUT2D eigenvalue weighted by Crippen LogP contribution is -2.12. The van der Waals surface area contributed by atoms with Crippen LogP contribution in [0.25, 0.3) is 0 Å². The van der Waals surface area contributed by atoms with Crippen LogP contribution >= 0.6 is 0 Å². The summed E-state index contributed by atoms with van der Waals surface area (Å²) >= 11 is 0. The van der Waals surface area contributed by atoms with Gasteiger partial charge in [-0.15, -0.1) is 0 Å². The van der Waals surface area contributed by atoms with Crippen molar-refractivity contribution < 1.29 is 4.79 Å². The summed E-state index contributed by atoms with van der Waals surface area (Å²) < 4.78 is 0. The molecule has 0 atom stereocenters. The van der Waals surface area contributed by atoms with E-state index < -0.39 is 0 Å². The first-order valence-corrected chi connectivity index (χ1v) is 3.29. The molecule has 1 aliphatic rings. The molecule has 0 aromatic carbocycles. The zero-order chi connectivity index (χ0) is 7.84. The maximum atomic E-state index is 11.0. The number of nitrogens with zero attached hydrogens (tertiary/aromatic N) is 1. The zero-order valence-electron chi connectivity index (χ0n) is 5.79. The van der Waals surface area contributed by atoms with Crippen molar-refractivity contribution in [3.05, 3.63) is 23.5 Å². The molecule has 2 rings (SSSR count). The van der Waals surface area contributed by atoms with E-state index in [4.69, 9.17) is 7.85 Å². The number of nitrogens with one attached hydrogen (secondary N) is 1. The molecule has 2 radical (unpaired) electrons. The highest BCUT2D eigenvalue weighted by molar-refractivity contribution is 6.34. The minimum Gasteiger partial charge on any atom is -0.348 e. The van der Waals surface area contributed by atoms with Crippen molar-refractivity contribution in [3.63, 3.8) is 0 Å². The van der Waals surface area contributed by atoms with Crippen molar-refractivity contribution in [2.75, 3.05) is 0 Å². The minimum atomic E-state index is -0.0835. The minimum absolute atomic E-state index is 0.0835. The summed E-state index contributed by atoms with van der Waals surface area (Å²) in [6.45, 7) is 0.530. The third-order valence-corrected chi connectivity index (χ3v) is 1.76. The van der Waals surface area contributed by atoms with E-state index in [1.165, 1.54) is 6.20 Å². The number of aromatic nitrogens is 1. The predicted octanol–water partition coefficient (Wildman–Crippen LogP) is -0.881. The van der Waals surface area contributed by atoms with E-state index in [2.05, 4.69) is 10.3 Å². The molecular weight excluding hydrogens is 139 g/mol. The van der Waals surface area contributed by atoms with Gasteiger partial charge in [-0.3, -0.25) is 9.78 Å². The first-order chi connectivity index (χ1) is 5.29.